The van der Waals surface area contributed by atoms with Crippen molar-refractivity contribution in [3.63, 3.8) is 0 Å². The Hall–Kier alpha value is -2.37. The average Bonchev–Trinajstić information content (AvgIpc) is 2.85. The molecule has 0 spiro atoms. The van der Waals surface area contributed by atoms with Crippen molar-refractivity contribution in [3.05, 3.63) is 81.3 Å². The van der Waals surface area contributed by atoms with Crippen LogP contribution in [0.4, 0.5) is 5.69 Å². The van der Waals surface area contributed by atoms with Gasteiger partial charge in [-0.25, -0.2) is 5.01 Å². The molecule has 2 amide bonds. The Balaban J connectivity index is 1.81. The third-order valence-electron chi connectivity index (χ3n) is 3.42. The molecular formula is C18H12BrClN2O2. The van der Waals surface area contributed by atoms with Crippen LogP contribution in [0.2, 0.25) is 5.02 Å². The largest absolute Gasteiger partial charge is 0.282 e. The first-order valence-electron chi connectivity index (χ1n) is 7.10. The molecule has 2 aromatic rings. The molecule has 0 radical (unpaired) electrons. The third kappa shape index (κ3) is 3.42. The lowest BCUT2D eigenvalue weighted by Gasteiger charge is -2.14. The SMILES string of the molecule is O=C1NN(c2ccc(Br)cc2)C(=O)/C1=C/C=C/c1ccccc1Cl. The fraction of sp³-hybridized carbons (Fsp3) is 0. The minimum atomic E-state index is -0.438. The van der Waals surface area contributed by atoms with Gasteiger partial charge < -0.3 is 0 Å². The Labute approximate surface area is 152 Å². The quantitative estimate of drug-likeness (QED) is 0.619. The van der Waals surface area contributed by atoms with E-state index in [4.69, 9.17) is 11.6 Å². The molecule has 24 heavy (non-hydrogen) atoms. The van der Waals surface area contributed by atoms with Gasteiger partial charge in [-0.2, -0.15) is 0 Å². The number of rotatable bonds is 3. The van der Waals surface area contributed by atoms with Crippen molar-refractivity contribution in [2.75, 3.05) is 5.01 Å². The van der Waals surface area contributed by atoms with Crippen molar-refractivity contribution in [2.24, 2.45) is 0 Å². The zero-order valence-electron chi connectivity index (χ0n) is 12.4. The summed E-state index contributed by atoms with van der Waals surface area (Å²) < 4.78 is 0.891. The summed E-state index contributed by atoms with van der Waals surface area (Å²) in [6.45, 7) is 0. The Bertz CT molecular complexity index is 860. The number of anilines is 1. The average molecular weight is 404 g/mol. The summed E-state index contributed by atoms with van der Waals surface area (Å²) >= 11 is 9.40. The van der Waals surface area contributed by atoms with Gasteiger partial charge in [0.25, 0.3) is 11.8 Å². The number of allylic oxidation sites excluding steroid dienone is 2. The van der Waals surface area contributed by atoms with Crippen LogP contribution in [0, 0.1) is 0 Å². The summed E-state index contributed by atoms with van der Waals surface area (Å²) in [6.07, 6.45) is 4.87. The lowest BCUT2D eigenvalue weighted by atomic mass is 10.2. The monoisotopic (exact) mass is 402 g/mol. The van der Waals surface area contributed by atoms with Crippen molar-refractivity contribution in [2.45, 2.75) is 0 Å². The molecule has 1 N–H and O–H groups in total. The summed E-state index contributed by atoms with van der Waals surface area (Å²) in [6, 6.07) is 14.4. The van der Waals surface area contributed by atoms with E-state index in [9.17, 15) is 9.59 Å². The number of halogens is 2. The minimum Gasteiger partial charge on any atom is -0.267 e. The minimum absolute atomic E-state index is 0.0706. The van der Waals surface area contributed by atoms with Crippen LogP contribution in [0.5, 0.6) is 0 Å². The van der Waals surface area contributed by atoms with Gasteiger partial charge in [0.2, 0.25) is 0 Å². The molecule has 1 aliphatic rings. The number of nitrogens with one attached hydrogen (secondary N) is 1. The van der Waals surface area contributed by atoms with Crippen LogP contribution in [0.15, 0.2) is 70.7 Å². The van der Waals surface area contributed by atoms with Gasteiger partial charge in [0.1, 0.15) is 5.57 Å². The zero-order valence-corrected chi connectivity index (χ0v) is 14.7. The number of carbonyl (C=O) groups is 2. The summed E-state index contributed by atoms with van der Waals surface area (Å²) in [5.41, 5.74) is 4.03. The smallest absolute Gasteiger partial charge is 0.267 e. The Kier molecular flexibility index (Phi) is 4.83. The summed E-state index contributed by atoms with van der Waals surface area (Å²) in [7, 11) is 0. The predicted molar refractivity (Wildman–Crippen MR) is 98.3 cm³/mol. The topological polar surface area (TPSA) is 49.4 Å². The highest BCUT2D eigenvalue weighted by atomic mass is 79.9. The molecule has 4 nitrogen and oxygen atoms in total. The molecule has 2 aromatic carbocycles. The molecule has 120 valence electrons. The van der Waals surface area contributed by atoms with Crippen molar-refractivity contribution < 1.29 is 9.59 Å². The maximum absolute atomic E-state index is 12.4. The van der Waals surface area contributed by atoms with E-state index in [1.807, 2.05) is 18.2 Å². The number of benzene rings is 2. The van der Waals surface area contributed by atoms with E-state index in [0.29, 0.717) is 10.7 Å². The Morgan fingerprint density at radius 3 is 2.46 bits per heavy atom. The second-order valence-corrected chi connectivity index (χ2v) is 6.34. The molecule has 1 heterocycles. The van der Waals surface area contributed by atoms with Crippen LogP contribution in [0.3, 0.4) is 0 Å². The van der Waals surface area contributed by atoms with Crippen molar-refractivity contribution in [1.82, 2.24) is 5.43 Å². The van der Waals surface area contributed by atoms with Crippen molar-refractivity contribution in [1.29, 1.82) is 0 Å². The second kappa shape index (κ2) is 7.03. The highest BCUT2D eigenvalue weighted by Crippen LogP contribution is 2.22. The number of hydrogen-bond acceptors (Lipinski definition) is 2. The maximum Gasteiger partial charge on any atom is 0.282 e. The maximum atomic E-state index is 12.4. The van der Waals surface area contributed by atoms with Crippen LogP contribution >= 0.6 is 27.5 Å². The van der Waals surface area contributed by atoms with Crippen molar-refractivity contribution in [3.8, 4) is 0 Å². The van der Waals surface area contributed by atoms with Crippen LogP contribution in [-0.4, -0.2) is 11.8 Å². The third-order valence-corrected chi connectivity index (χ3v) is 4.29. The summed E-state index contributed by atoms with van der Waals surface area (Å²) in [5, 5.41) is 1.83. The number of amides is 2. The van der Waals surface area contributed by atoms with Crippen molar-refractivity contribution >= 4 is 51.1 Å². The van der Waals surface area contributed by atoms with E-state index in [2.05, 4.69) is 21.4 Å². The zero-order chi connectivity index (χ0) is 17.1. The molecule has 0 unspecified atom stereocenters. The van der Waals surface area contributed by atoms with Crippen LogP contribution in [0.1, 0.15) is 5.56 Å². The molecule has 0 atom stereocenters. The van der Waals surface area contributed by atoms with E-state index in [1.54, 1.807) is 42.5 Å². The fourth-order valence-electron chi connectivity index (χ4n) is 2.21. The normalized spacial score (nSPS) is 16.2. The van der Waals surface area contributed by atoms with E-state index < -0.39 is 11.8 Å². The van der Waals surface area contributed by atoms with Gasteiger partial charge >= 0.3 is 0 Å². The van der Waals surface area contributed by atoms with Gasteiger partial charge in [-0.3, -0.25) is 15.0 Å². The molecule has 1 saturated heterocycles. The number of carbonyl (C=O) groups excluding carboxylic acids is 2. The molecule has 0 saturated carbocycles. The van der Waals surface area contributed by atoms with Gasteiger partial charge in [0, 0.05) is 9.50 Å². The molecule has 0 aliphatic carbocycles. The van der Waals surface area contributed by atoms with Gasteiger partial charge in [0.15, 0.2) is 0 Å². The van der Waals surface area contributed by atoms with E-state index in [-0.39, 0.29) is 5.57 Å². The predicted octanol–water partition coefficient (Wildman–Crippen LogP) is 4.12. The van der Waals surface area contributed by atoms with Gasteiger partial charge in [-0.15, -0.1) is 0 Å². The molecule has 3 rings (SSSR count). The highest BCUT2D eigenvalue weighted by Gasteiger charge is 2.33. The van der Waals surface area contributed by atoms with E-state index in [0.717, 1.165) is 10.0 Å². The Morgan fingerprint density at radius 2 is 1.75 bits per heavy atom. The lowest BCUT2D eigenvalue weighted by molar-refractivity contribution is -0.117. The first kappa shape index (κ1) is 16.5. The van der Waals surface area contributed by atoms with Crippen LogP contribution in [-0.2, 0) is 9.59 Å². The van der Waals surface area contributed by atoms with E-state index >= 15 is 0 Å². The lowest BCUT2D eigenvalue weighted by Crippen LogP contribution is -2.35. The standard InChI is InChI=1S/C18H12BrClN2O2/c19-13-8-10-14(11-9-13)22-18(24)15(17(23)21-22)6-3-5-12-4-1-2-7-16(12)20/h1-11H,(H,21,23)/b5-3+,15-6+. The fourth-order valence-corrected chi connectivity index (χ4v) is 2.67. The molecule has 1 aliphatic heterocycles. The second-order valence-electron chi connectivity index (χ2n) is 5.02. The summed E-state index contributed by atoms with van der Waals surface area (Å²) in [5.74, 6) is -0.835. The van der Waals surface area contributed by atoms with Crippen LogP contribution in [0.25, 0.3) is 6.08 Å². The van der Waals surface area contributed by atoms with Gasteiger partial charge in [-0.1, -0.05) is 57.9 Å². The van der Waals surface area contributed by atoms with Gasteiger partial charge in [0.05, 0.1) is 5.69 Å². The number of hydrogen-bond donors (Lipinski definition) is 1. The highest BCUT2D eigenvalue weighted by molar-refractivity contribution is 9.10. The molecule has 6 heteroatoms. The number of hydrazine groups is 1. The molecule has 1 fully saturated rings. The molecular weight excluding hydrogens is 392 g/mol. The van der Waals surface area contributed by atoms with E-state index in [1.165, 1.54) is 11.1 Å². The number of nitrogens with zero attached hydrogens (tertiary/aromatic N) is 1. The Morgan fingerprint density at radius 1 is 1.04 bits per heavy atom. The molecule has 0 aromatic heterocycles. The van der Waals surface area contributed by atoms with Crippen LogP contribution < -0.4 is 10.4 Å². The molecule has 0 bridgehead atoms. The first-order valence-corrected chi connectivity index (χ1v) is 8.27. The van der Waals surface area contributed by atoms with Gasteiger partial charge in [-0.05, 0) is 42.0 Å². The first-order chi connectivity index (χ1) is 11.6. The summed E-state index contributed by atoms with van der Waals surface area (Å²) in [4.78, 5) is 24.4.